The minimum Gasteiger partial charge on any atom is -0.493 e. The van der Waals surface area contributed by atoms with Crippen molar-refractivity contribution < 1.29 is 18.7 Å². The van der Waals surface area contributed by atoms with Gasteiger partial charge in [0, 0.05) is 12.6 Å². The van der Waals surface area contributed by atoms with Crippen molar-refractivity contribution in [1.29, 1.82) is 0 Å². The second-order valence-electron chi connectivity index (χ2n) is 8.75. The Morgan fingerprint density at radius 1 is 1.09 bits per heavy atom. The van der Waals surface area contributed by atoms with E-state index in [1.807, 2.05) is 54.6 Å². The first-order chi connectivity index (χ1) is 16.4. The maximum Gasteiger partial charge on any atom is 0.239 e. The summed E-state index contributed by atoms with van der Waals surface area (Å²) in [6.07, 6.45) is 2.24. The van der Waals surface area contributed by atoms with Gasteiger partial charge in [0.2, 0.25) is 5.91 Å². The van der Waals surface area contributed by atoms with E-state index in [9.17, 15) is 9.18 Å². The molecular formula is C28H31FN2O3. The van der Waals surface area contributed by atoms with Gasteiger partial charge in [-0.1, -0.05) is 42.5 Å². The van der Waals surface area contributed by atoms with Crippen molar-refractivity contribution in [3.05, 3.63) is 94.3 Å². The second-order valence-corrected chi connectivity index (χ2v) is 8.75. The highest BCUT2D eigenvalue weighted by Gasteiger charge is 2.36. The number of hydrogen-bond acceptors (Lipinski definition) is 4. The number of nitrogens with two attached hydrogens (primary N) is 1. The molecule has 5 nitrogen and oxygen atoms in total. The first-order valence-corrected chi connectivity index (χ1v) is 11.5. The Labute approximate surface area is 200 Å². The molecule has 0 radical (unpaired) electrons. The van der Waals surface area contributed by atoms with Gasteiger partial charge in [0.25, 0.3) is 0 Å². The molecule has 1 aliphatic rings. The fourth-order valence-corrected chi connectivity index (χ4v) is 5.00. The fraction of sp³-hybridized carbons (Fsp3) is 0.321. The van der Waals surface area contributed by atoms with E-state index < -0.39 is 6.04 Å². The number of amides is 1. The minimum atomic E-state index is -0.553. The molecule has 6 heteroatoms. The molecule has 2 atom stereocenters. The molecule has 1 heterocycles. The van der Waals surface area contributed by atoms with E-state index in [2.05, 4.69) is 4.90 Å². The van der Waals surface area contributed by atoms with Gasteiger partial charge in [-0.25, -0.2) is 4.39 Å². The highest BCUT2D eigenvalue weighted by atomic mass is 19.1. The average Bonchev–Trinajstić information content (AvgIpc) is 2.84. The predicted octanol–water partition coefficient (Wildman–Crippen LogP) is 4.91. The number of rotatable bonds is 8. The third-order valence-electron chi connectivity index (χ3n) is 6.69. The smallest absolute Gasteiger partial charge is 0.239 e. The Morgan fingerprint density at radius 3 is 2.44 bits per heavy atom. The number of aryl methyl sites for hydroxylation is 2. The summed E-state index contributed by atoms with van der Waals surface area (Å²) in [5.74, 6) is 0.763. The van der Waals surface area contributed by atoms with Gasteiger partial charge in [-0.15, -0.1) is 0 Å². The maximum absolute atomic E-state index is 13.8. The monoisotopic (exact) mass is 462 g/mol. The van der Waals surface area contributed by atoms with Crippen molar-refractivity contribution >= 4 is 5.91 Å². The van der Waals surface area contributed by atoms with Gasteiger partial charge in [0.1, 0.15) is 11.9 Å². The van der Waals surface area contributed by atoms with Gasteiger partial charge < -0.3 is 15.2 Å². The lowest BCUT2D eigenvalue weighted by atomic mass is 9.86. The molecule has 4 rings (SSSR count). The molecule has 178 valence electrons. The Bertz CT molecular complexity index is 1170. The van der Waals surface area contributed by atoms with E-state index in [1.54, 1.807) is 21.1 Å². The van der Waals surface area contributed by atoms with Crippen molar-refractivity contribution in [1.82, 2.24) is 4.90 Å². The van der Waals surface area contributed by atoms with E-state index in [0.717, 1.165) is 36.0 Å². The van der Waals surface area contributed by atoms with Gasteiger partial charge in [-0.2, -0.15) is 0 Å². The summed E-state index contributed by atoms with van der Waals surface area (Å²) in [7, 11) is 3.25. The highest BCUT2D eigenvalue weighted by molar-refractivity contribution is 5.81. The molecule has 0 aliphatic carbocycles. The second kappa shape index (κ2) is 10.3. The van der Waals surface area contributed by atoms with Crippen LogP contribution < -0.4 is 15.2 Å². The van der Waals surface area contributed by atoms with Crippen LogP contribution in [0.4, 0.5) is 4.39 Å². The zero-order chi connectivity index (χ0) is 24.2. The number of carbonyl (C=O) groups is 1. The molecule has 0 unspecified atom stereocenters. The van der Waals surface area contributed by atoms with Crippen molar-refractivity contribution in [3.8, 4) is 11.5 Å². The molecule has 0 bridgehead atoms. The Kier molecular flexibility index (Phi) is 7.17. The van der Waals surface area contributed by atoms with Crippen LogP contribution in [0.2, 0.25) is 0 Å². The molecule has 1 aliphatic heterocycles. The topological polar surface area (TPSA) is 64.8 Å². The van der Waals surface area contributed by atoms with E-state index in [4.69, 9.17) is 15.2 Å². The molecule has 2 N–H and O–H groups in total. The van der Waals surface area contributed by atoms with Gasteiger partial charge in [-0.3, -0.25) is 9.69 Å². The quantitative estimate of drug-likeness (QED) is 0.517. The summed E-state index contributed by atoms with van der Waals surface area (Å²) in [5.41, 5.74) is 10.8. The normalized spacial score (nSPS) is 16.5. The van der Waals surface area contributed by atoms with Gasteiger partial charge in [0.05, 0.1) is 14.2 Å². The number of ether oxygens (including phenoxy) is 2. The number of nitrogens with zero attached hydrogens (tertiary/aromatic N) is 1. The number of methoxy groups -OCH3 is 2. The predicted molar refractivity (Wildman–Crippen MR) is 131 cm³/mol. The van der Waals surface area contributed by atoms with E-state index in [-0.39, 0.29) is 17.8 Å². The summed E-state index contributed by atoms with van der Waals surface area (Å²) in [6, 6.07) is 18.3. The number of fused-ring (bicyclic) bond motifs is 1. The number of benzene rings is 3. The summed E-state index contributed by atoms with van der Waals surface area (Å²) in [5, 5.41) is 0. The Balaban J connectivity index is 1.75. The standard InChI is InChI=1S/C28H31FN2O3/c1-18-15-19(9-11-23(18)29)10-12-24-22-17-26(34-3)25(33-2)16-21(22)13-14-31(24)27(28(30)32)20-7-5-4-6-8-20/h4-9,11,15-17,24,27H,10,12-14H2,1-3H3,(H2,30,32)/t24-,27+/m0/s1. The van der Waals surface area contributed by atoms with Crippen LogP contribution in [-0.2, 0) is 17.6 Å². The summed E-state index contributed by atoms with van der Waals surface area (Å²) in [4.78, 5) is 14.9. The van der Waals surface area contributed by atoms with Gasteiger partial charge in [0.15, 0.2) is 11.5 Å². The lowest BCUT2D eigenvalue weighted by molar-refractivity contribution is -0.124. The molecule has 34 heavy (non-hydrogen) atoms. The molecule has 0 saturated carbocycles. The lowest BCUT2D eigenvalue weighted by Gasteiger charge is -2.41. The van der Waals surface area contributed by atoms with E-state index in [0.29, 0.717) is 23.6 Å². The zero-order valence-electron chi connectivity index (χ0n) is 19.9. The van der Waals surface area contributed by atoms with Crippen molar-refractivity contribution in [2.75, 3.05) is 20.8 Å². The number of primary amides is 1. The number of hydrogen-bond donors (Lipinski definition) is 1. The molecule has 3 aromatic rings. The molecule has 0 fully saturated rings. The third-order valence-corrected chi connectivity index (χ3v) is 6.69. The zero-order valence-corrected chi connectivity index (χ0v) is 19.9. The van der Waals surface area contributed by atoms with Crippen LogP contribution in [-0.4, -0.2) is 31.6 Å². The average molecular weight is 463 g/mol. The molecule has 3 aromatic carbocycles. The number of halogens is 1. The maximum atomic E-state index is 13.8. The molecule has 0 aromatic heterocycles. The van der Waals surface area contributed by atoms with Crippen LogP contribution in [0.15, 0.2) is 60.7 Å². The van der Waals surface area contributed by atoms with Crippen molar-refractivity contribution in [2.24, 2.45) is 5.73 Å². The van der Waals surface area contributed by atoms with Gasteiger partial charge >= 0.3 is 0 Å². The Morgan fingerprint density at radius 2 is 1.79 bits per heavy atom. The molecule has 0 saturated heterocycles. The van der Waals surface area contributed by atoms with Crippen molar-refractivity contribution in [3.63, 3.8) is 0 Å². The fourth-order valence-electron chi connectivity index (χ4n) is 5.00. The molecular weight excluding hydrogens is 431 g/mol. The van der Waals surface area contributed by atoms with Crippen LogP contribution in [0.3, 0.4) is 0 Å². The lowest BCUT2D eigenvalue weighted by Crippen LogP contribution is -2.44. The van der Waals surface area contributed by atoms with Crippen LogP contribution in [0, 0.1) is 12.7 Å². The minimum absolute atomic E-state index is 0.0772. The summed E-state index contributed by atoms with van der Waals surface area (Å²) in [6.45, 7) is 2.45. The van der Waals surface area contributed by atoms with Crippen molar-refractivity contribution in [2.45, 2.75) is 38.3 Å². The van der Waals surface area contributed by atoms with E-state index >= 15 is 0 Å². The van der Waals surface area contributed by atoms with Crippen LogP contribution >= 0.6 is 0 Å². The summed E-state index contributed by atoms with van der Waals surface area (Å²) >= 11 is 0. The van der Waals surface area contributed by atoms with Crippen LogP contribution in [0.25, 0.3) is 0 Å². The largest absolute Gasteiger partial charge is 0.493 e. The third kappa shape index (κ3) is 4.77. The first-order valence-electron chi connectivity index (χ1n) is 11.5. The molecule has 0 spiro atoms. The number of carbonyl (C=O) groups excluding carboxylic acids is 1. The first kappa shape index (κ1) is 23.8. The highest BCUT2D eigenvalue weighted by Crippen LogP contribution is 2.43. The van der Waals surface area contributed by atoms with Gasteiger partial charge in [-0.05, 0) is 72.2 Å². The van der Waals surface area contributed by atoms with Crippen LogP contribution in [0.5, 0.6) is 11.5 Å². The summed E-state index contributed by atoms with van der Waals surface area (Å²) < 4.78 is 24.9. The SMILES string of the molecule is COc1cc2c(cc1OC)[C@H](CCc1ccc(F)c(C)c1)N([C@@H](C(N)=O)c1ccccc1)CC2. The van der Waals surface area contributed by atoms with E-state index in [1.165, 1.54) is 11.6 Å². The van der Waals surface area contributed by atoms with Crippen LogP contribution in [0.1, 0.15) is 46.3 Å². The molecule has 1 amide bonds. The Hall–Kier alpha value is -3.38.